The molecule has 0 fully saturated rings. The summed E-state index contributed by atoms with van der Waals surface area (Å²) in [5, 5.41) is 12.0. The van der Waals surface area contributed by atoms with Crippen LogP contribution in [0.2, 0.25) is 0 Å². The molecule has 0 atom stereocenters. The third kappa shape index (κ3) is 4.79. The van der Waals surface area contributed by atoms with E-state index < -0.39 is 0 Å². The van der Waals surface area contributed by atoms with Crippen LogP contribution in [0.3, 0.4) is 0 Å². The average molecular weight is 319 g/mol. The van der Waals surface area contributed by atoms with Crippen LogP contribution in [0.5, 0.6) is 0 Å². The monoisotopic (exact) mass is 319 g/mol. The molecule has 0 unspecified atom stereocenters. The highest BCUT2D eigenvalue weighted by molar-refractivity contribution is 6.01. The number of hydrogen-bond donors (Lipinski definition) is 1. The summed E-state index contributed by atoms with van der Waals surface area (Å²) in [5.74, 6) is -0.388. The Kier molecular flexibility index (Phi) is 5.49. The van der Waals surface area contributed by atoms with Crippen molar-refractivity contribution in [1.82, 2.24) is 10.3 Å². The van der Waals surface area contributed by atoms with Crippen molar-refractivity contribution < 1.29 is 4.79 Å². The number of nitrogens with zero attached hydrogens (tertiary/aromatic N) is 2. The minimum atomic E-state index is -0.388. The molecule has 0 saturated carbocycles. The van der Waals surface area contributed by atoms with Gasteiger partial charge in [0.05, 0.1) is 0 Å². The summed E-state index contributed by atoms with van der Waals surface area (Å²) in [6.45, 7) is 6.77. The lowest BCUT2D eigenvalue weighted by Crippen LogP contribution is -2.24. The van der Waals surface area contributed by atoms with Crippen LogP contribution < -0.4 is 5.32 Å². The molecule has 2 rings (SSSR count). The number of rotatable bonds is 4. The van der Waals surface area contributed by atoms with Crippen LogP contribution in [-0.4, -0.2) is 10.9 Å². The van der Waals surface area contributed by atoms with Gasteiger partial charge in [-0.25, -0.2) is 0 Å². The van der Waals surface area contributed by atoms with E-state index >= 15 is 0 Å². The topological polar surface area (TPSA) is 65.8 Å². The number of carbonyl (C=O) groups is 1. The first-order chi connectivity index (χ1) is 11.4. The molecular weight excluding hydrogens is 298 g/mol. The van der Waals surface area contributed by atoms with Crippen LogP contribution in [0.15, 0.2) is 54.4 Å². The molecule has 1 heterocycles. The minimum Gasteiger partial charge on any atom is -0.347 e. The van der Waals surface area contributed by atoms with Crippen molar-refractivity contribution >= 4 is 12.0 Å². The lowest BCUT2D eigenvalue weighted by atomic mass is 9.86. The first kappa shape index (κ1) is 17.4. The average Bonchev–Trinajstić information content (AvgIpc) is 2.58. The fraction of sp³-hybridized carbons (Fsp3) is 0.250. The Morgan fingerprint density at radius 2 is 1.96 bits per heavy atom. The van der Waals surface area contributed by atoms with Crippen molar-refractivity contribution in [2.75, 3.05) is 0 Å². The Hall–Kier alpha value is -2.93. The number of carbonyl (C=O) groups excluding carboxylic acids is 1. The van der Waals surface area contributed by atoms with E-state index in [0.29, 0.717) is 6.54 Å². The van der Waals surface area contributed by atoms with Gasteiger partial charge in [-0.1, -0.05) is 51.1 Å². The third-order valence-electron chi connectivity index (χ3n) is 3.63. The van der Waals surface area contributed by atoms with Crippen LogP contribution in [0.1, 0.15) is 37.5 Å². The fourth-order valence-electron chi connectivity index (χ4n) is 2.17. The Morgan fingerprint density at radius 1 is 1.25 bits per heavy atom. The summed E-state index contributed by atoms with van der Waals surface area (Å²) in [6.07, 6.45) is 4.96. The summed E-state index contributed by atoms with van der Waals surface area (Å²) in [6, 6.07) is 13.5. The van der Waals surface area contributed by atoms with E-state index in [9.17, 15) is 10.1 Å². The molecule has 1 N–H and O–H groups in total. The van der Waals surface area contributed by atoms with Crippen LogP contribution in [0, 0.1) is 11.3 Å². The lowest BCUT2D eigenvalue weighted by molar-refractivity contribution is -0.117. The van der Waals surface area contributed by atoms with Gasteiger partial charge in [0, 0.05) is 18.9 Å². The van der Waals surface area contributed by atoms with Crippen molar-refractivity contribution in [2.24, 2.45) is 0 Å². The summed E-state index contributed by atoms with van der Waals surface area (Å²) < 4.78 is 0. The van der Waals surface area contributed by atoms with Gasteiger partial charge < -0.3 is 5.32 Å². The molecule has 24 heavy (non-hydrogen) atoms. The molecule has 0 aliphatic carbocycles. The van der Waals surface area contributed by atoms with E-state index in [1.807, 2.05) is 36.4 Å². The minimum absolute atomic E-state index is 0.0708. The lowest BCUT2D eigenvalue weighted by Gasteiger charge is -2.18. The van der Waals surface area contributed by atoms with Gasteiger partial charge in [0.25, 0.3) is 5.91 Å². The first-order valence-electron chi connectivity index (χ1n) is 7.79. The Bertz CT molecular complexity index is 763. The predicted molar refractivity (Wildman–Crippen MR) is 94.8 cm³/mol. The van der Waals surface area contributed by atoms with Crippen LogP contribution >= 0.6 is 0 Å². The zero-order valence-corrected chi connectivity index (χ0v) is 14.2. The van der Waals surface area contributed by atoms with Crippen molar-refractivity contribution in [2.45, 2.75) is 32.7 Å². The second kappa shape index (κ2) is 7.56. The molecule has 4 nitrogen and oxygen atoms in total. The Balaban J connectivity index is 2.08. The number of benzene rings is 1. The second-order valence-corrected chi connectivity index (χ2v) is 6.59. The SMILES string of the molecule is CC(C)(C)c1ccc(/C=C(/C#N)C(=O)NCc2cccnc2)cc1. The van der Waals surface area contributed by atoms with Gasteiger partial charge in [-0.05, 0) is 34.2 Å². The smallest absolute Gasteiger partial charge is 0.262 e. The Morgan fingerprint density at radius 3 is 2.50 bits per heavy atom. The van der Waals surface area contributed by atoms with Crippen molar-refractivity contribution in [3.63, 3.8) is 0 Å². The highest BCUT2D eigenvalue weighted by atomic mass is 16.1. The van der Waals surface area contributed by atoms with Gasteiger partial charge in [0.1, 0.15) is 11.6 Å². The summed E-state index contributed by atoms with van der Waals surface area (Å²) in [5.41, 5.74) is 3.08. The molecule has 2 aromatic rings. The van der Waals surface area contributed by atoms with Gasteiger partial charge in [0.15, 0.2) is 0 Å². The normalized spacial score (nSPS) is 11.7. The third-order valence-corrected chi connectivity index (χ3v) is 3.63. The van der Waals surface area contributed by atoms with Crippen LogP contribution in [0.25, 0.3) is 6.08 Å². The van der Waals surface area contributed by atoms with Crippen molar-refractivity contribution in [3.8, 4) is 6.07 Å². The molecular formula is C20H21N3O. The van der Waals surface area contributed by atoms with E-state index in [1.54, 1.807) is 24.5 Å². The fourth-order valence-corrected chi connectivity index (χ4v) is 2.17. The van der Waals surface area contributed by atoms with E-state index in [4.69, 9.17) is 0 Å². The molecule has 0 radical (unpaired) electrons. The van der Waals surface area contributed by atoms with Gasteiger partial charge >= 0.3 is 0 Å². The summed E-state index contributed by atoms with van der Waals surface area (Å²) in [4.78, 5) is 16.1. The summed E-state index contributed by atoms with van der Waals surface area (Å²) in [7, 11) is 0. The van der Waals surface area contributed by atoms with Crippen LogP contribution in [-0.2, 0) is 16.8 Å². The highest BCUT2D eigenvalue weighted by Crippen LogP contribution is 2.22. The first-order valence-corrected chi connectivity index (χ1v) is 7.79. The molecule has 1 aromatic heterocycles. The quantitative estimate of drug-likeness (QED) is 0.691. The predicted octanol–water partition coefficient (Wildman–Crippen LogP) is 3.60. The Labute approximate surface area is 142 Å². The number of aromatic nitrogens is 1. The van der Waals surface area contributed by atoms with Crippen molar-refractivity contribution in [1.29, 1.82) is 5.26 Å². The van der Waals surface area contributed by atoms with Gasteiger partial charge in [0.2, 0.25) is 0 Å². The number of nitrogens with one attached hydrogen (secondary N) is 1. The highest BCUT2D eigenvalue weighted by Gasteiger charge is 2.13. The van der Waals surface area contributed by atoms with Crippen LogP contribution in [0.4, 0.5) is 0 Å². The number of pyridine rings is 1. The van der Waals surface area contributed by atoms with Gasteiger partial charge in [-0.15, -0.1) is 0 Å². The number of hydrogen-bond acceptors (Lipinski definition) is 3. The van der Waals surface area contributed by atoms with E-state index in [1.165, 1.54) is 5.56 Å². The van der Waals surface area contributed by atoms with Gasteiger partial charge in [-0.2, -0.15) is 5.26 Å². The molecule has 1 amide bonds. The molecule has 4 heteroatoms. The maximum absolute atomic E-state index is 12.2. The zero-order valence-electron chi connectivity index (χ0n) is 14.2. The molecule has 0 saturated heterocycles. The molecule has 0 aliphatic heterocycles. The maximum Gasteiger partial charge on any atom is 0.262 e. The number of amides is 1. The maximum atomic E-state index is 12.2. The molecule has 1 aromatic carbocycles. The molecule has 0 bridgehead atoms. The molecule has 0 aliphatic rings. The molecule has 122 valence electrons. The van der Waals surface area contributed by atoms with E-state index in [-0.39, 0.29) is 16.9 Å². The van der Waals surface area contributed by atoms with E-state index in [0.717, 1.165) is 11.1 Å². The van der Waals surface area contributed by atoms with Crippen molar-refractivity contribution in [3.05, 3.63) is 71.1 Å². The molecule has 0 spiro atoms. The van der Waals surface area contributed by atoms with E-state index in [2.05, 4.69) is 31.1 Å². The summed E-state index contributed by atoms with van der Waals surface area (Å²) >= 11 is 0. The largest absolute Gasteiger partial charge is 0.347 e. The number of nitriles is 1. The van der Waals surface area contributed by atoms with Gasteiger partial charge in [-0.3, -0.25) is 9.78 Å². The zero-order chi connectivity index (χ0) is 17.6. The standard InChI is InChI=1S/C20H21N3O/c1-20(2,3)18-8-6-15(7-9-18)11-17(12-21)19(24)23-14-16-5-4-10-22-13-16/h4-11,13H,14H2,1-3H3,(H,23,24)/b17-11-. The second-order valence-electron chi connectivity index (χ2n) is 6.59.